The number of anilines is 2. The summed E-state index contributed by atoms with van der Waals surface area (Å²) in [4.78, 5) is 28.6. The zero-order valence-electron chi connectivity index (χ0n) is 18.3. The van der Waals surface area contributed by atoms with Crippen molar-refractivity contribution < 1.29 is 18.8 Å². The van der Waals surface area contributed by atoms with Crippen LogP contribution >= 0.6 is 0 Å². The average Bonchev–Trinajstić information content (AvgIpc) is 3.35. The number of nitrogens with zero attached hydrogens (tertiary/aromatic N) is 3. The fraction of sp³-hybridized carbons (Fsp3) is 0.458. The molecule has 2 aromatic carbocycles. The molecule has 3 aliphatic heterocycles. The molecule has 0 unspecified atom stereocenters. The molecule has 3 heterocycles. The number of ether oxygens (including phenoxy) is 1. The second-order valence-corrected chi connectivity index (χ2v) is 8.94. The van der Waals surface area contributed by atoms with Crippen LogP contribution < -0.4 is 15.1 Å². The molecule has 3 atom stereocenters. The third-order valence-electron chi connectivity index (χ3n) is 6.96. The molecule has 0 spiro atoms. The lowest BCUT2D eigenvalue weighted by molar-refractivity contribution is -0.384. The molecule has 1 N–H and O–H groups in total. The number of piperazine rings is 1. The highest BCUT2D eigenvalue weighted by Crippen LogP contribution is 2.38. The van der Waals surface area contributed by atoms with Gasteiger partial charge in [0.15, 0.2) is 0 Å². The second-order valence-electron chi connectivity index (χ2n) is 8.94. The molecule has 3 aliphatic rings. The second kappa shape index (κ2) is 8.97. The zero-order chi connectivity index (χ0) is 22.9. The number of amides is 1. The summed E-state index contributed by atoms with van der Waals surface area (Å²) in [6, 6.07) is 11.2. The molecule has 174 valence electrons. The van der Waals surface area contributed by atoms with Crippen molar-refractivity contribution in [1.29, 1.82) is 0 Å². The lowest BCUT2D eigenvalue weighted by atomic mass is 9.83. The Morgan fingerprint density at radius 2 is 2.03 bits per heavy atom. The third kappa shape index (κ3) is 4.37. The number of halogens is 1. The summed E-state index contributed by atoms with van der Waals surface area (Å²) < 4.78 is 19.1. The summed E-state index contributed by atoms with van der Waals surface area (Å²) in [5, 5.41) is 14.4. The molecule has 2 aromatic rings. The molecule has 5 rings (SSSR count). The molecule has 0 radical (unpaired) electrons. The van der Waals surface area contributed by atoms with Crippen molar-refractivity contribution in [3.63, 3.8) is 0 Å². The SMILES string of the molecule is O=C(NC[C@@H]1CCCO1)[C@@H]1Cc2cc([N+](=O)[O-])ccc2N2CCN(c3ccc(F)cc3)C[C@@H]12. The molecule has 1 amide bonds. The van der Waals surface area contributed by atoms with Crippen LogP contribution in [0.5, 0.6) is 0 Å². The number of hydrogen-bond acceptors (Lipinski definition) is 6. The molecule has 0 aliphatic carbocycles. The van der Waals surface area contributed by atoms with Gasteiger partial charge in [0.05, 0.1) is 23.0 Å². The first kappa shape index (κ1) is 21.6. The van der Waals surface area contributed by atoms with E-state index in [1.54, 1.807) is 24.3 Å². The van der Waals surface area contributed by atoms with Gasteiger partial charge in [-0.05, 0) is 55.2 Å². The maximum absolute atomic E-state index is 13.4. The maximum atomic E-state index is 13.4. The first-order valence-corrected chi connectivity index (χ1v) is 11.4. The summed E-state index contributed by atoms with van der Waals surface area (Å²) in [6.45, 7) is 3.20. The van der Waals surface area contributed by atoms with Gasteiger partial charge in [-0.3, -0.25) is 14.9 Å². The van der Waals surface area contributed by atoms with E-state index in [0.717, 1.165) is 36.4 Å². The number of carbonyl (C=O) groups is 1. The van der Waals surface area contributed by atoms with E-state index in [-0.39, 0.29) is 35.5 Å². The first-order valence-electron chi connectivity index (χ1n) is 11.4. The van der Waals surface area contributed by atoms with Gasteiger partial charge >= 0.3 is 0 Å². The zero-order valence-corrected chi connectivity index (χ0v) is 18.3. The third-order valence-corrected chi connectivity index (χ3v) is 6.96. The number of benzene rings is 2. The van der Waals surface area contributed by atoms with Crippen molar-refractivity contribution in [2.24, 2.45) is 5.92 Å². The first-order chi connectivity index (χ1) is 16.0. The fourth-order valence-electron chi connectivity index (χ4n) is 5.26. The minimum absolute atomic E-state index is 0.0376. The van der Waals surface area contributed by atoms with Crippen molar-refractivity contribution >= 4 is 23.0 Å². The Hall–Kier alpha value is -3.20. The molecule has 0 saturated carbocycles. The Bertz CT molecular complexity index is 1040. The number of fused-ring (bicyclic) bond motifs is 3. The van der Waals surface area contributed by atoms with Crippen LogP contribution in [0.3, 0.4) is 0 Å². The van der Waals surface area contributed by atoms with E-state index in [2.05, 4.69) is 15.1 Å². The summed E-state index contributed by atoms with van der Waals surface area (Å²) in [5.74, 6) is -0.695. The molecule has 8 nitrogen and oxygen atoms in total. The number of nitro groups is 1. The molecule has 0 aromatic heterocycles. The van der Waals surface area contributed by atoms with Crippen LogP contribution in [0.25, 0.3) is 0 Å². The molecular formula is C24H27FN4O4. The smallest absolute Gasteiger partial charge is 0.269 e. The van der Waals surface area contributed by atoms with Crippen LogP contribution in [-0.4, -0.2) is 55.8 Å². The molecule has 33 heavy (non-hydrogen) atoms. The Morgan fingerprint density at radius 1 is 1.21 bits per heavy atom. The Morgan fingerprint density at radius 3 is 2.76 bits per heavy atom. The lowest BCUT2D eigenvalue weighted by Gasteiger charge is -2.49. The minimum Gasteiger partial charge on any atom is -0.376 e. The van der Waals surface area contributed by atoms with Crippen molar-refractivity contribution in [2.45, 2.75) is 31.4 Å². The normalized spacial score (nSPS) is 24.2. The Labute approximate surface area is 191 Å². The largest absolute Gasteiger partial charge is 0.376 e. The quantitative estimate of drug-likeness (QED) is 0.552. The van der Waals surface area contributed by atoms with Crippen molar-refractivity contribution in [2.75, 3.05) is 42.6 Å². The fourth-order valence-corrected chi connectivity index (χ4v) is 5.26. The predicted molar refractivity (Wildman–Crippen MR) is 122 cm³/mol. The number of nitro benzene ring substituents is 1. The van der Waals surface area contributed by atoms with Gasteiger partial charge in [0.1, 0.15) is 5.82 Å². The highest BCUT2D eigenvalue weighted by molar-refractivity contribution is 5.82. The summed E-state index contributed by atoms with van der Waals surface area (Å²) >= 11 is 0. The van der Waals surface area contributed by atoms with E-state index in [4.69, 9.17) is 4.74 Å². The Kier molecular flexibility index (Phi) is 5.88. The van der Waals surface area contributed by atoms with E-state index < -0.39 is 4.92 Å². The van der Waals surface area contributed by atoms with Gasteiger partial charge in [-0.25, -0.2) is 4.39 Å². The number of non-ortho nitro benzene ring substituents is 1. The van der Waals surface area contributed by atoms with Crippen LogP contribution in [0.2, 0.25) is 0 Å². The van der Waals surface area contributed by atoms with Crippen molar-refractivity contribution in [3.8, 4) is 0 Å². The van der Waals surface area contributed by atoms with Gasteiger partial charge < -0.3 is 19.9 Å². The van der Waals surface area contributed by atoms with E-state index in [1.165, 1.54) is 18.2 Å². The molecular weight excluding hydrogens is 427 g/mol. The highest BCUT2D eigenvalue weighted by Gasteiger charge is 2.42. The van der Waals surface area contributed by atoms with Gasteiger partial charge in [-0.1, -0.05) is 0 Å². The van der Waals surface area contributed by atoms with Crippen LogP contribution in [0, 0.1) is 21.8 Å². The van der Waals surface area contributed by atoms with Crippen LogP contribution in [-0.2, 0) is 16.0 Å². The van der Waals surface area contributed by atoms with Gasteiger partial charge in [-0.2, -0.15) is 0 Å². The standard InChI is InChI=1S/C24H27FN4O4/c25-17-3-5-18(6-4-17)27-9-10-28-22-8-7-19(29(31)32)12-16(22)13-21(23(28)15-27)24(30)26-14-20-2-1-11-33-20/h3-8,12,20-21,23H,1-2,9-11,13-15H2,(H,26,30)/t20-,21+,23-/m0/s1. The van der Waals surface area contributed by atoms with Gasteiger partial charge in [-0.15, -0.1) is 0 Å². The highest BCUT2D eigenvalue weighted by atomic mass is 19.1. The topological polar surface area (TPSA) is 87.9 Å². The average molecular weight is 455 g/mol. The molecule has 0 bridgehead atoms. The van der Waals surface area contributed by atoms with E-state index >= 15 is 0 Å². The van der Waals surface area contributed by atoms with E-state index in [1.807, 2.05) is 0 Å². The van der Waals surface area contributed by atoms with E-state index in [0.29, 0.717) is 32.6 Å². The monoisotopic (exact) mass is 454 g/mol. The van der Waals surface area contributed by atoms with Crippen molar-refractivity contribution in [3.05, 3.63) is 64.0 Å². The van der Waals surface area contributed by atoms with Crippen LogP contribution in [0.4, 0.5) is 21.5 Å². The molecule has 2 fully saturated rings. The maximum Gasteiger partial charge on any atom is 0.269 e. The minimum atomic E-state index is -0.397. The number of rotatable bonds is 5. The van der Waals surface area contributed by atoms with Crippen LogP contribution in [0.15, 0.2) is 42.5 Å². The van der Waals surface area contributed by atoms with Gasteiger partial charge in [0, 0.05) is 56.3 Å². The van der Waals surface area contributed by atoms with Crippen molar-refractivity contribution in [1.82, 2.24) is 5.32 Å². The summed E-state index contributed by atoms with van der Waals surface area (Å²) in [7, 11) is 0. The van der Waals surface area contributed by atoms with E-state index in [9.17, 15) is 19.3 Å². The lowest BCUT2D eigenvalue weighted by Crippen LogP contribution is -2.61. The van der Waals surface area contributed by atoms with Gasteiger partial charge in [0.25, 0.3) is 5.69 Å². The predicted octanol–water partition coefficient (Wildman–Crippen LogP) is 2.90. The van der Waals surface area contributed by atoms with Gasteiger partial charge in [0.2, 0.25) is 5.91 Å². The van der Waals surface area contributed by atoms with Crippen LogP contribution in [0.1, 0.15) is 18.4 Å². The summed E-state index contributed by atoms with van der Waals surface area (Å²) in [6.07, 6.45) is 2.43. The number of carbonyl (C=O) groups excluding carboxylic acids is 1. The number of nitrogens with one attached hydrogen (secondary N) is 1. The Balaban J connectivity index is 1.41. The summed E-state index contributed by atoms with van der Waals surface area (Å²) in [5.41, 5.74) is 2.74. The molecule has 9 heteroatoms. The molecule has 2 saturated heterocycles. The number of hydrogen-bond donors (Lipinski definition) is 1.